The molecule has 5 heteroatoms. The van der Waals surface area contributed by atoms with Gasteiger partial charge in [-0.05, 0) is 26.0 Å². The Bertz CT molecular complexity index is 540. The van der Waals surface area contributed by atoms with E-state index >= 15 is 0 Å². The van der Waals surface area contributed by atoms with Crippen molar-refractivity contribution in [3.8, 4) is 11.5 Å². The number of pyridine rings is 1. The molecule has 0 unspecified atom stereocenters. The van der Waals surface area contributed by atoms with Gasteiger partial charge in [-0.25, -0.2) is 9.97 Å². The van der Waals surface area contributed by atoms with Gasteiger partial charge in [0.05, 0.1) is 5.02 Å². The van der Waals surface area contributed by atoms with Gasteiger partial charge in [-0.15, -0.1) is 0 Å². The van der Waals surface area contributed by atoms with Crippen LogP contribution in [0.1, 0.15) is 24.2 Å². The van der Waals surface area contributed by atoms with Gasteiger partial charge in [0.1, 0.15) is 5.69 Å². The Kier molecular flexibility index (Phi) is 3.36. The van der Waals surface area contributed by atoms with Crippen LogP contribution in [-0.4, -0.2) is 15.0 Å². The fraction of sp³-hybridized carbons (Fsp3) is 0.250. The standard InChI is InChI=1S/C12H13ClN4/c1-7(14)9-6-16-12(17-8(9)2)11-10(13)4-3-5-15-11/h3-7H,14H2,1-2H3/t7-/m1/s1. The third kappa shape index (κ3) is 2.43. The minimum atomic E-state index is -0.0803. The summed E-state index contributed by atoms with van der Waals surface area (Å²) in [4.78, 5) is 12.8. The molecule has 88 valence electrons. The average molecular weight is 249 g/mol. The molecule has 0 bridgehead atoms. The van der Waals surface area contributed by atoms with Gasteiger partial charge in [-0.3, -0.25) is 4.98 Å². The highest BCUT2D eigenvalue weighted by molar-refractivity contribution is 6.32. The molecule has 4 nitrogen and oxygen atoms in total. The van der Waals surface area contributed by atoms with Crippen LogP contribution in [-0.2, 0) is 0 Å². The van der Waals surface area contributed by atoms with Crippen LogP contribution in [0, 0.1) is 6.92 Å². The van der Waals surface area contributed by atoms with Gasteiger partial charge in [0.25, 0.3) is 0 Å². The molecule has 0 saturated heterocycles. The normalized spacial score (nSPS) is 12.5. The molecular weight excluding hydrogens is 236 g/mol. The number of rotatable bonds is 2. The summed E-state index contributed by atoms with van der Waals surface area (Å²) in [5.41, 5.74) is 8.19. The minimum Gasteiger partial charge on any atom is -0.324 e. The second-order valence-electron chi connectivity index (χ2n) is 3.86. The summed E-state index contributed by atoms with van der Waals surface area (Å²) in [5.74, 6) is 0.525. The third-order valence-corrected chi connectivity index (χ3v) is 2.78. The average Bonchev–Trinajstić information content (AvgIpc) is 2.29. The highest BCUT2D eigenvalue weighted by atomic mass is 35.5. The molecular formula is C12H13ClN4. The molecule has 0 saturated carbocycles. The van der Waals surface area contributed by atoms with Crippen LogP contribution in [0.2, 0.25) is 5.02 Å². The topological polar surface area (TPSA) is 64.7 Å². The second kappa shape index (κ2) is 4.77. The van der Waals surface area contributed by atoms with E-state index in [-0.39, 0.29) is 6.04 Å². The van der Waals surface area contributed by atoms with Gasteiger partial charge in [-0.1, -0.05) is 11.6 Å². The fourth-order valence-corrected chi connectivity index (χ4v) is 1.79. The Morgan fingerprint density at radius 1 is 1.35 bits per heavy atom. The summed E-state index contributed by atoms with van der Waals surface area (Å²) in [6, 6.07) is 3.46. The zero-order chi connectivity index (χ0) is 12.4. The summed E-state index contributed by atoms with van der Waals surface area (Å²) in [6.45, 7) is 3.81. The number of aryl methyl sites for hydroxylation is 1. The number of hydrogen-bond acceptors (Lipinski definition) is 4. The third-order valence-electron chi connectivity index (χ3n) is 2.48. The van der Waals surface area contributed by atoms with Crippen molar-refractivity contribution < 1.29 is 0 Å². The molecule has 1 atom stereocenters. The van der Waals surface area contributed by atoms with Gasteiger partial charge in [-0.2, -0.15) is 0 Å². The van der Waals surface area contributed by atoms with Crippen molar-refractivity contribution in [2.45, 2.75) is 19.9 Å². The van der Waals surface area contributed by atoms with Crippen LogP contribution in [0.5, 0.6) is 0 Å². The molecule has 17 heavy (non-hydrogen) atoms. The van der Waals surface area contributed by atoms with Gasteiger partial charge >= 0.3 is 0 Å². The molecule has 2 heterocycles. The first-order chi connectivity index (χ1) is 8.09. The largest absolute Gasteiger partial charge is 0.324 e. The van der Waals surface area contributed by atoms with E-state index in [2.05, 4.69) is 15.0 Å². The van der Waals surface area contributed by atoms with E-state index in [0.717, 1.165) is 11.3 Å². The molecule has 0 aliphatic heterocycles. The van der Waals surface area contributed by atoms with Crippen molar-refractivity contribution >= 4 is 11.6 Å². The number of halogens is 1. The van der Waals surface area contributed by atoms with Crippen molar-refractivity contribution in [1.82, 2.24) is 15.0 Å². The Morgan fingerprint density at radius 3 is 2.71 bits per heavy atom. The maximum absolute atomic E-state index is 6.05. The summed E-state index contributed by atoms with van der Waals surface area (Å²) in [5, 5.41) is 0.542. The van der Waals surface area contributed by atoms with Crippen LogP contribution in [0.25, 0.3) is 11.5 Å². The first-order valence-corrected chi connectivity index (χ1v) is 5.67. The fourth-order valence-electron chi connectivity index (χ4n) is 1.59. The van der Waals surface area contributed by atoms with Gasteiger partial charge < -0.3 is 5.73 Å². The van der Waals surface area contributed by atoms with Crippen LogP contribution >= 0.6 is 11.6 Å². The molecule has 0 aromatic carbocycles. The van der Waals surface area contributed by atoms with E-state index in [1.165, 1.54) is 0 Å². The Labute approximate surface area is 105 Å². The first kappa shape index (κ1) is 12.0. The predicted molar refractivity (Wildman–Crippen MR) is 67.6 cm³/mol. The summed E-state index contributed by atoms with van der Waals surface area (Å²) in [6.07, 6.45) is 3.40. The number of nitrogens with zero attached hydrogens (tertiary/aromatic N) is 3. The number of aromatic nitrogens is 3. The molecule has 0 aliphatic carbocycles. The summed E-state index contributed by atoms with van der Waals surface area (Å²) >= 11 is 6.05. The summed E-state index contributed by atoms with van der Waals surface area (Å²) in [7, 11) is 0. The SMILES string of the molecule is Cc1nc(-c2ncccc2Cl)ncc1[C@@H](C)N. The molecule has 0 aliphatic rings. The zero-order valence-electron chi connectivity index (χ0n) is 9.68. The lowest BCUT2D eigenvalue weighted by Crippen LogP contribution is -2.09. The molecule has 0 fully saturated rings. The predicted octanol–water partition coefficient (Wildman–Crippen LogP) is 2.52. The lowest BCUT2D eigenvalue weighted by molar-refractivity contribution is 0.790. The monoisotopic (exact) mass is 248 g/mol. The smallest absolute Gasteiger partial charge is 0.179 e. The first-order valence-electron chi connectivity index (χ1n) is 5.29. The van der Waals surface area contributed by atoms with Crippen molar-refractivity contribution in [2.75, 3.05) is 0 Å². The zero-order valence-corrected chi connectivity index (χ0v) is 10.4. The van der Waals surface area contributed by atoms with Crippen molar-refractivity contribution in [2.24, 2.45) is 5.73 Å². The van der Waals surface area contributed by atoms with Crippen molar-refractivity contribution in [3.63, 3.8) is 0 Å². The highest BCUT2D eigenvalue weighted by Gasteiger charge is 2.11. The minimum absolute atomic E-state index is 0.0803. The lowest BCUT2D eigenvalue weighted by atomic mass is 10.1. The van der Waals surface area contributed by atoms with Gasteiger partial charge in [0, 0.05) is 29.7 Å². The summed E-state index contributed by atoms with van der Waals surface area (Å²) < 4.78 is 0. The molecule has 0 spiro atoms. The molecule has 2 N–H and O–H groups in total. The van der Waals surface area contributed by atoms with Crippen molar-refractivity contribution in [3.05, 3.63) is 40.8 Å². The van der Waals surface area contributed by atoms with Crippen LogP contribution in [0.15, 0.2) is 24.5 Å². The van der Waals surface area contributed by atoms with E-state index in [9.17, 15) is 0 Å². The van der Waals surface area contributed by atoms with Crippen molar-refractivity contribution in [1.29, 1.82) is 0 Å². The molecule has 2 rings (SSSR count). The maximum Gasteiger partial charge on any atom is 0.179 e. The Balaban J connectivity index is 2.49. The maximum atomic E-state index is 6.05. The number of hydrogen-bond donors (Lipinski definition) is 1. The van der Waals surface area contributed by atoms with E-state index < -0.39 is 0 Å². The molecule has 0 amide bonds. The lowest BCUT2D eigenvalue weighted by Gasteiger charge is -2.09. The van der Waals surface area contributed by atoms with Crippen LogP contribution in [0.4, 0.5) is 0 Å². The second-order valence-corrected chi connectivity index (χ2v) is 4.26. The Morgan fingerprint density at radius 2 is 2.12 bits per heavy atom. The van der Waals surface area contributed by atoms with Gasteiger partial charge in [0.2, 0.25) is 0 Å². The van der Waals surface area contributed by atoms with Crippen LogP contribution in [0.3, 0.4) is 0 Å². The van der Waals surface area contributed by atoms with E-state index in [1.807, 2.05) is 13.8 Å². The quantitative estimate of drug-likeness (QED) is 0.887. The van der Waals surface area contributed by atoms with E-state index in [4.69, 9.17) is 17.3 Å². The number of nitrogens with two attached hydrogens (primary N) is 1. The molecule has 2 aromatic heterocycles. The van der Waals surface area contributed by atoms with Crippen LogP contribution < -0.4 is 5.73 Å². The molecule has 2 aromatic rings. The Hall–Kier alpha value is -1.52. The highest BCUT2D eigenvalue weighted by Crippen LogP contribution is 2.23. The molecule has 0 radical (unpaired) electrons. The van der Waals surface area contributed by atoms with E-state index in [1.54, 1.807) is 24.5 Å². The van der Waals surface area contributed by atoms with Gasteiger partial charge in [0.15, 0.2) is 5.82 Å². The van der Waals surface area contributed by atoms with E-state index in [0.29, 0.717) is 16.5 Å².